The van der Waals surface area contributed by atoms with Crippen molar-refractivity contribution < 1.29 is 40.9 Å². The van der Waals surface area contributed by atoms with Crippen LogP contribution in [0.25, 0.3) is 43.8 Å². The van der Waals surface area contributed by atoms with Gasteiger partial charge in [0.05, 0.1) is 5.69 Å². The molecule has 138 heavy (non-hydrogen) atoms. The summed E-state index contributed by atoms with van der Waals surface area (Å²) in [6, 6.07) is 75.7. The lowest BCUT2D eigenvalue weighted by Gasteiger charge is -2.42. The Morgan fingerprint density at radius 1 is 0.239 bits per heavy atom. The summed E-state index contributed by atoms with van der Waals surface area (Å²) < 4.78 is 91.4. The quantitative estimate of drug-likeness (QED) is 0.0257. The second kappa shape index (κ2) is 43.3. The van der Waals surface area contributed by atoms with Crippen LogP contribution >= 0.6 is 0 Å². The highest BCUT2D eigenvalue weighted by Crippen LogP contribution is 2.57. The maximum absolute atomic E-state index is 13.8. The molecule has 19 rings (SSSR count). The molecule has 718 valence electrons. The van der Waals surface area contributed by atoms with Crippen LogP contribution in [0.3, 0.4) is 0 Å². The Morgan fingerprint density at radius 3 is 1.13 bits per heavy atom. The zero-order chi connectivity index (χ0) is 102. The van der Waals surface area contributed by atoms with Gasteiger partial charge in [-0.1, -0.05) is 169 Å². The number of hydrogen-bond donors (Lipinski definition) is 13. The van der Waals surface area contributed by atoms with E-state index in [0.717, 1.165) is 138 Å². The van der Waals surface area contributed by atoms with Gasteiger partial charge in [-0.15, -0.1) is 0 Å². The maximum Gasteiger partial charge on any atom is 0.402 e. The Hall–Kier alpha value is -15.1. The average Bonchev–Trinajstić information content (AvgIpc) is 0.699. The van der Waals surface area contributed by atoms with Gasteiger partial charge >= 0.3 is 6.18 Å². The summed E-state index contributed by atoms with van der Waals surface area (Å²) in [7, 11) is 0. The molecule has 3 aliphatic carbocycles. The first-order chi connectivity index (χ1) is 64.7. The average molecular weight is 1870 g/mol. The van der Waals surface area contributed by atoms with Crippen molar-refractivity contribution >= 4 is 84.1 Å². The van der Waals surface area contributed by atoms with Gasteiger partial charge in [0.15, 0.2) is 23.3 Å². The van der Waals surface area contributed by atoms with E-state index in [1.165, 1.54) is 153 Å². The number of nitrogen functional groups attached to an aromatic ring is 11. The number of phenols is 2. The Labute approximate surface area is 808 Å². The maximum atomic E-state index is 13.8. The fourth-order valence-corrected chi connectivity index (χ4v) is 17.5. The highest BCUT2D eigenvalue weighted by Gasteiger charge is 2.54. The summed E-state index contributed by atoms with van der Waals surface area (Å²) in [5, 5.41) is 23.9. The molecule has 24 N–H and O–H groups in total. The van der Waals surface area contributed by atoms with Crippen molar-refractivity contribution in [2.45, 2.75) is 176 Å². The van der Waals surface area contributed by atoms with Crippen molar-refractivity contribution in [2.75, 3.05) is 63.1 Å². The molecule has 0 aromatic heterocycles. The van der Waals surface area contributed by atoms with Crippen molar-refractivity contribution in [3.05, 3.63) is 415 Å². The molecule has 0 saturated carbocycles. The summed E-state index contributed by atoms with van der Waals surface area (Å²) in [5.41, 5.74) is 104. The first kappa shape index (κ1) is 105. The second-order valence-corrected chi connectivity index (χ2v) is 36.6. The number of rotatable bonds is 4. The molecular weight excluding hydrogens is 1740 g/mol. The predicted octanol–water partition coefficient (Wildman–Crippen LogP) is 28.5. The van der Waals surface area contributed by atoms with Crippen molar-refractivity contribution in [3.8, 4) is 33.8 Å². The molecular formula is C118H130F7N11O2. The Kier molecular flexibility index (Phi) is 33.0. The van der Waals surface area contributed by atoms with Crippen molar-refractivity contribution in [1.29, 1.82) is 0 Å². The Morgan fingerprint density at radius 2 is 0.652 bits per heavy atom. The van der Waals surface area contributed by atoms with E-state index in [-0.39, 0.29) is 28.3 Å². The van der Waals surface area contributed by atoms with Gasteiger partial charge in [-0.05, 0) is 408 Å². The number of anilines is 11. The van der Waals surface area contributed by atoms with E-state index in [2.05, 4.69) is 215 Å². The molecule has 3 atom stereocenters. The van der Waals surface area contributed by atoms with Gasteiger partial charge in [0.25, 0.3) is 0 Å². The highest BCUT2D eigenvalue weighted by atomic mass is 19.4. The molecule has 0 spiro atoms. The van der Waals surface area contributed by atoms with E-state index < -0.39 is 46.1 Å². The molecule has 16 aromatic carbocycles. The van der Waals surface area contributed by atoms with E-state index in [4.69, 9.17) is 63.1 Å². The van der Waals surface area contributed by atoms with E-state index in [0.29, 0.717) is 17.4 Å². The first-order valence-corrected chi connectivity index (χ1v) is 45.5. The number of benzene rings is 16. The van der Waals surface area contributed by atoms with Gasteiger partial charge in [0, 0.05) is 74.0 Å². The van der Waals surface area contributed by atoms with E-state index in [9.17, 15) is 40.9 Å². The Balaban J connectivity index is 0.000000164. The molecule has 0 radical (unpaired) electrons. The molecule has 0 aliphatic heterocycles. The largest absolute Gasteiger partial charge is 0.508 e. The zero-order valence-electron chi connectivity index (χ0n) is 83.0. The molecule has 16 aromatic rings. The standard InChI is InChI=1S/C23H21N.C21H17N.C17H21N.C16H16F3NO2.C10H16N2.C9H14N2.C8H11N.C7H5F4N.C7H9N/c1-14-12-21(18-9-5-4-8-17(18)16(14)3)22-13-15(2)23(24)20-11-7-6-10-19(20)22;1-12-6-8-16-18(10-12)20-14-4-2-3-5-15(14)21(16)19-11-13(22)7-9-17(19)20;1-10-6-15(7-11(2)14(10)5)16-8-12(3)17(18)13(4)9-16;1-9-7-10(3-5-13(9)21)15(2,16(17,18)19)11-4-6-14(22)12(20)8-11;1-5-6(2)10(12)8(4)7(3)9(5)11;1-5-4-6(2)9(11)7(3)8(5)10;1-6-4-3-5-8(9)7(6)2;1-2-3(8)5(10)6(11)7(12)4(2)9;1-6-3-2-4-7(8)5-6/h4-13H,24H2,1-3H3;2-11,20-21H,22H2,1H3;6-9H,18H2,1-5H3;3-8,21-22H,20H2,1-2H3;11-12H2,1-4H3;4H,10-11H2,1-3H3;3-5H,9H2,1-2H3;12H2,1H3;2-5H,8H2,1H3/t;;;15-;;;;;/m...0...../s1. The van der Waals surface area contributed by atoms with Gasteiger partial charge in [0.2, 0.25) is 0 Å². The normalized spacial score (nSPS) is 12.7. The first-order valence-electron chi connectivity index (χ1n) is 45.5. The van der Waals surface area contributed by atoms with Crippen LogP contribution in [0, 0.1) is 169 Å². The third kappa shape index (κ3) is 22.4. The van der Waals surface area contributed by atoms with Crippen LogP contribution in [0.1, 0.15) is 180 Å². The number of nitrogens with two attached hydrogens (primary N) is 11. The van der Waals surface area contributed by atoms with E-state index >= 15 is 0 Å². The third-order valence-corrected chi connectivity index (χ3v) is 27.2. The minimum absolute atomic E-state index is 0.0135. The van der Waals surface area contributed by atoms with Gasteiger partial charge in [-0.2, -0.15) is 13.2 Å². The fourth-order valence-electron chi connectivity index (χ4n) is 17.5. The minimum atomic E-state index is -4.58. The smallest absolute Gasteiger partial charge is 0.402 e. The second-order valence-electron chi connectivity index (χ2n) is 36.6. The molecule has 2 bridgehead atoms. The van der Waals surface area contributed by atoms with Crippen LogP contribution in [0.4, 0.5) is 93.3 Å². The summed E-state index contributed by atoms with van der Waals surface area (Å²) in [6.07, 6.45) is -4.58. The summed E-state index contributed by atoms with van der Waals surface area (Å²) >= 11 is 0. The molecule has 0 heterocycles. The molecule has 0 saturated heterocycles. The zero-order valence-corrected chi connectivity index (χ0v) is 83.0. The number of halogens is 7. The Bertz CT molecular complexity index is 6620. The lowest BCUT2D eigenvalue weighted by molar-refractivity contribution is -0.173. The molecule has 20 heteroatoms. The third-order valence-electron chi connectivity index (χ3n) is 27.2. The van der Waals surface area contributed by atoms with Gasteiger partial charge in [0.1, 0.15) is 22.6 Å². The van der Waals surface area contributed by atoms with Crippen LogP contribution in [0.15, 0.2) is 231 Å². The lowest BCUT2D eigenvalue weighted by Crippen LogP contribution is -2.40. The summed E-state index contributed by atoms with van der Waals surface area (Å²) in [5.74, 6) is -5.89. The summed E-state index contributed by atoms with van der Waals surface area (Å²) in [4.78, 5) is 0. The van der Waals surface area contributed by atoms with Gasteiger partial charge in [-0.3, -0.25) is 0 Å². The monoisotopic (exact) mass is 1870 g/mol. The van der Waals surface area contributed by atoms with E-state index in [1.54, 1.807) is 0 Å². The van der Waals surface area contributed by atoms with E-state index in [1.807, 2.05) is 111 Å². The van der Waals surface area contributed by atoms with Crippen molar-refractivity contribution in [2.24, 2.45) is 0 Å². The topological polar surface area (TPSA) is 327 Å². The molecule has 0 fully saturated rings. The number of fused-ring (bicyclic) bond motifs is 2. The van der Waals surface area contributed by atoms with Crippen LogP contribution < -0.4 is 63.1 Å². The van der Waals surface area contributed by atoms with Gasteiger partial charge < -0.3 is 73.3 Å². The fraction of sp³-hybridized carbons (Fsp3) is 0.220. The summed E-state index contributed by atoms with van der Waals surface area (Å²) in [6.45, 7) is 43.0. The van der Waals surface area contributed by atoms with Crippen molar-refractivity contribution in [1.82, 2.24) is 0 Å². The molecule has 0 amide bonds. The predicted molar refractivity (Wildman–Crippen MR) is 569 cm³/mol. The number of aromatic hydroxyl groups is 2. The van der Waals surface area contributed by atoms with Gasteiger partial charge in [-0.25, -0.2) is 17.6 Å². The van der Waals surface area contributed by atoms with Crippen LogP contribution in [0.2, 0.25) is 0 Å². The molecule has 3 aliphatic rings. The van der Waals surface area contributed by atoms with Crippen LogP contribution in [-0.2, 0) is 5.41 Å². The SMILES string of the molecule is Cc1c(C)c(N)c(C)c(C)c1N.Cc1c(F)c(N)c(F)c(F)c1F.Cc1cc(-c2cc(C)c(N)c(C)c2)cc(C)c1C.Cc1cc(-c2cc(C)c(N)c3ccccc23)c2ccccc2c1C.Cc1cc(C)c(N)c(C)c1N.Cc1cc([C@@](C)(c2ccc(O)c(N)c2)C(F)(F)F)ccc1O.Cc1ccc2c(c1)C1c3ccccc3C2c2cc(N)ccc21.Cc1cccc(N)c1.Cc1cccc(N)c1C. The number of alkyl halides is 3. The number of aryl methyl sites for hydroxylation is 13. The minimum Gasteiger partial charge on any atom is -0.508 e. The molecule has 2 unspecified atom stereocenters. The van der Waals surface area contributed by atoms with Crippen LogP contribution in [-0.4, -0.2) is 16.4 Å². The van der Waals surface area contributed by atoms with Crippen LogP contribution in [0.5, 0.6) is 11.5 Å². The highest BCUT2D eigenvalue weighted by molar-refractivity contribution is 6.10. The number of hydrogen-bond acceptors (Lipinski definition) is 13. The van der Waals surface area contributed by atoms with Crippen molar-refractivity contribution in [3.63, 3.8) is 0 Å². The number of phenolic OH excluding ortho intramolecular Hbond substituents is 2. The lowest BCUT2D eigenvalue weighted by atomic mass is 9.61. The molecule has 13 nitrogen and oxygen atoms in total.